The molecule has 1 aliphatic heterocycles. The third-order valence-electron chi connectivity index (χ3n) is 2.01. The third kappa shape index (κ3) is 3.65. The van der Waals surface area contributed by atoms with Gasteiger partial charge in [-0.15, -0.1) is 0 Å². The number of carbonyl (C=O) groups is 2. The van der Waals surface area contributed by atoms with Crippen LogP contribution >= 0.6 is 0 Å². The van der Waals surface area contributed by atoms with Crippen LogP contribution < -0.4 is 0 Å². The molecule has 0 unspecified atom stereocenters. The van der Waals surface area contributed by atoms with E-state index in [9.17, 15) is 9.59 Å². The van der Waals surface area contributed by atoms with Gasteiger partial charge in [0.1, 0.15) is 5.60 Å². The lowest BCUT2D eigenvalue weighted by molar-refractivity contribution is -0.186. The van der Waals surface area contributed by atoms with E-state index < -0.39 is 23.9 Å². The molecular weight excluding hydrogens is 224 g/mol. The lowest BCUT2D eigenvalue weighted by Crippen LogP contribution is -2.41. The van der Waals surface area contributed by atoms with Crippen LogP contribution in [0.2, 0.25) is 0 Å². The molecule has 1 rings (SSSR count). The maximum Gasteiger partial charge on any atom is 0.420 e. The number of ether oxygens (including phenoxy) is 2. The molecular formula is C11H18N2O4. The van der Waals surface area contributed by atoms with Crippen molar-refractivity contribution in [2.45, 2.75) is 32.7 Å². The van der Waals surface area contributed by atoms with E-state index in [-0.39, 0.29) is 0 Å². The normalized spacial score (nSPS) is 16.3. The molecule has 0 N–H and O–H groups in total. The Balaban J connectivity index is 2.53. The molecule has 0 bridgehead atoms. The summed E-state index contributed by atoms with van der Waals surface area (Å²) in [6.45, 7) is 5.06. The van der Waals surface area contributed by atoms with Crippen LogP contribution in [0.5, 0.6) is 0 Å². The molecule has 6 nitrogen and oxygen atoms in total. The fourth-order valence-electron chi connectivity index (χ4n) is 1.27. The van der Waals surface area contributed by atoms with E-state index in [0.717, 1.165) is 0 Å². The van der Waals surface area contributed by atoms with Crippen LogP contribution in [-0.2, 0) is 19.1 Å². The SMILES string of the molecule is CN1C=CN(C)C1OC(=O)C(=O)OC(C)(C)C. The standard InChI is InChI=1S/C11H18N2O4/c1-11(2,3)17-9(15)8(14)16-10-12(4)6-7-13(10)5/h6-7,10H,1-5H3. The van der Waals surface area contributed by atoms with Gasteiger partial charge >= 0.3 is 11.9 Å². The topological polar surface area (TPSA) is 59.1 Å². The summed E-state index contributed by atoms with van der Waals surface area (Å²) in [4.78, 5) is 26.2. The lowest BCUT2D eigenvalue weighted by Gasteiger charge is -2.26. The molecule has 0 atom stereocenters. The minimum Gasteiger partial charge on any atom is -0.452 e. The second-order valence-corrected chi connectivity index (χ2v) is 4.86. The van der Waals surface area contributed by atoms with E-state index in [0.29, 0.717) is 0 Å². The molecule has 0 aromatic carbocycles. The molecule has 0 radical (unpaired) electrons. The molecule has 17 heavy (non-hydrogen) atoms. The van der Waals surface area contributed by atoms with E-state index >= 15 is 0 Å². The van der Waals surface area contributed by atoms with Crippen molar-refractivity contribution in [3.05, 3.63) is 12.4 Å². The van der Waals surface area contributed by atoms with Crippen molar-refractivity contribution in [2.75, 3.05) is 14.1 Å². The van der Waals surface area contributed by atoms with Gasteiger partial charge in [0.15, 0.2) is 0 Å². The van der Waals surface area contributed by atoms with Gasteiger partial charge in [0, 0.05) is 26.5 Å². The van der Waals surface area contributed by atoms with Crippen LogP contribution in [0, 0.1) is 0 Å². The van der Waals surface area contributed by atoms with Crippen LogP contribution in [0.4, 0.5) is 0 Å². The first-order valence-corrected chi connectivity index (χ1v) is 5.27. The first-order valence-electron chi connectivity index (χ1n) is 5.27. The number of rotatable bonds is 1. The Morgan fingerprint density at radius 3 is 1.94 bits per heavy atom. The molecule has 6 heteroatoms. The van der Waals surface area contributed by atoms with Gasteiger partial charge in [-0.05, 0) is 20.8 Å². The average Bonchev–Trinajstić information content (AvgIpc) is 2.46. The predicted molar refractivity (Wildman–Crippen MR) is 60.4 cm³/mol. The number of esters is 2. The molecule has 0 fully saturated rings. The summed E-state index contributed by atoms with van der Waals surface area (Å²) in [5.74, 6) is -1.97. The second kappa shape index (κ2) is 4.65. The molecule has 0 saturated carbocycles. The zero-order chi connectivity index (χ0) is 13.2. The van der Waals surface area contributed by atoms with E-state index in [2.05, 4.69) is 0 Å². The van der Waals surface area contributed by atoms with Crippen molar-refractivity contribution in [1.82, 2.24) is 9.80 Å². The average molecular weight is 242 g/mol. The highest BCUT2D eigenvalue weighted by Crippen LogP contribution is 2.14. The minimum atomic E-state index is -0.993. The van der Waals surface area contributed by atoms with Crippen molar-refractivity contribution in [3.63, 3.8) is 0 Å². The van der Waals surface area contributed by atoms with Crippen LogP contribution in [0.3, 0.4) is 0 Å². The van der Waals surface area contributed by atoms with E-state index in [1.54, 1.807) is 57.1 Å². The van der Waals surface area contributed by atoms with Crippen LogP contribution in [-0.4, -0.2) is 47.8 Å². The fraction of sp³-hybridized carbons (Fsp3) is 0.636. The Labute approximate surface area is 101 Å². The zero-order valence-electron chi connectivity index (χ0n) is 10.8. The Morgan fingerprint density at radius 2 is 1.53 bits per heavy atom. The highest BCUT2D eigenvalue weighted by atomic mass is 16.6. The summed E-state index contributed by atoms with van der Waals surface area (Å²) in [5, 5.41) is 0. The van der Waals surface area contributed by atoms with Crippen LogP contribution in [0.15, 0.2) is 12.4 Å². The molecule has 1 aliphatic rings. The Kier molecular flexibility index (Phi) is 3.65. The minimum absolute atomic E-state index is 0.602. The summed E-state index contributed by atoms with van der Waals surface area (Å²) in [5.41, 5.74) is -0.707. The Hall–Kier alpha value is -1.72. The fourth-order valence-corrected chi connectivity index (χ4v) is 1.27. The van der Waals surface area contributed by atoms with Gasteiger partial charge in [-0.25, -0.2) is 9.59 Å². The van der Waals surface area contributed by atoms with Crippen LogP contribution in [0.25, 0.3) is 0 Å². The van der Waals surface area contributed by atoms with Gasteiger partial charge in [0.25, 0.3) is 6.35 Å². The summed E-state index contributed by atoms with van der Waals surface area (Å²) in [6.07, 6.45) is 2.88. The molecule has 0 aromatic heterocycles. The summed E-state index contributed by atoms with van der Waals surface area (Å²) in [7, 11) is 3.49. The van der Waals surface area contributed by atoms with Crippen molar-refractivity contribution in [3.8, 4) is 0 Å². The summed E-state index contributed by atoms with van der Waals surface area (Å²) >= 11 is 0. The van der Waals surface area contributed by atoms with E-state index in [1.807, 2.05) is 0 Å². The first kappa shape index (κ1) is 13.3. The molecule has 96 valence electrons. The van der Waals surface area contributed by atoms with Gasteiger partial charge in [0.2, 0.25) is 0 Å². The largest absolute Gasteiger partial charge is 0.452 e. The second-order valence-electron chi connectivity index (χ2n) is 4.86. The third-order valence-corrected chi connectivity index (χ3v) is 2.01. The zero-order valence-corrected chi connectivity index (χ0v) is 10.8. The highest BCUT2D eigenvalue weighted by molar-refractivity contribution is 6.29. The summed E-state index contributed by atoms with van der Waals surface area (Å²) < 4.78 is 9.93. The Morgan fingerprint density at radius 1 is 1.06 bits per heavy atom. The molecule has 0 aliphatic carbocycles. The molecule has 0 spiro atoms. The first-order chi connectivity index (χ1) is 7.70. The van der Waals surface area contributed by atoms with Crippen molar-refractivity contribution in [2.24, 2.45) is 0 Å². The molecule has 0 aromatic rings. The number of hydrogen-bond donors (Lipinski definition) is 0. The van der Waals surface area contributed by atoms with Crippen LogP contribution in [0.1, 0.15) is 20.8 Å². The van der Waals surface area contributed by atoms with Gasteiger partial charge in [-0.3, -0.25) is 0 Å². The predicted octanol–water partition coefficient (Wildman–Crippen LogP) is 0.503. The number of hydrogen-bond acceptors (Lipinski definition) is 6. The number of carbonyl (C=O) groups excluding carboxylic acids is 2. The van der Waals surface area contributed by atoms with Gasteiger partial charge in [-0.2, -0.15) is 0 Å². The maximum absolute atomic E-state index is 11.5. The van der Waals surface area contributed by atoms with Gasteiger partial charge in [-0.1, -0.05) is 0 Å². The maximum atomic E-state index is 11.5. The van der Waals surface area contributed by atoms with E-state index in [4.69, 9.17) is 9.47 Å². The Bertz CT molecular complexity index is 334. The van der Waals surface area contributed by atoms with E-state index in [1.165, 1.54) is 0 Å². The molecule has 0 amide bonds. The van der Waals surface area contributed by atoms with Crippen molar-refractivity contribution in [1.29, 1.82) is 0 Å². The van der Waals surface area contributed by atoms with Gasteiger partial charge in [0.05, 0.1) is 0 Å². The van der Waals surface area contributed by atoms with Crippen molar-refractivity contribution < 1.29 is 19.1 Å². The molecule has 0 saturated heterocycles. The summed E-state index contributed by atoms with van der Waals surface area (Å²) in [6, 6.07) is 0. The quantitative estimate of drug-likeness (QED) is 0.493. The van der Waals surface area contributed by atoms with Gasteiger partial charge < -0.3 is 19.3 Å². The highest BCUT2D eigenvalue weighted by Gasteiger charge is 2.30. The van der Waals surface area contributed by atoms with Crippen molar-refractivity contribution >= 4 is 11.9 Å². The molecule has 1 heterocycles. The monoisotopic (exact) mass is 242 g/mol. The number of nitrogens with zero attached hydrogens (tertiary/aromatic N) is 2. The smallest absolute Gasteiger partial charge is 0.420 e. The lowest BCUT2D eigenvalue weighted by atomic mass is 10.2.